The van der Waals surface area contributed by atoms with Crippen molar-refractivity contribution in [1.29, 1.82) is 0 Å². The highest BCUT2D eigenvalue weighted by atomic mass is 19.2. The summed E-state index contributed by atoms with van der Waals surface area (Å²) in [7, 11) is 1.79. The van der Waals surface area contributed by atoms with Gasteiger partial charge >= 0.3 is 0 Å². The van der Waals surface area contributed by atoms with Crippen LogP contribution in [0, 0.1) is 11.6 Å². The van der Waals surface area contributed by atoms with Crippen LogP contribution >= 0.6 is 0 Å². The summed E-state index contributed by atoms with van der Waals surface area (Å²) in [6, 6.07) is 7.90. The number of hydrogen-bond donors (Lipinski definition) is 1. The lowest BCUT2D eigenvalue weighted by atomic mass is 9.99. The van der Waals surface area contributed by atoms with Gasteiger partial charge in [-0.2, -0.15) is 0 Å². The number of likely N-dealkylation sites (N-methyl/N-ethyl adjacent to an activating group) is 1. The minimum Gasteiger partial charge on any atom is -0.313 e. The molecular weight excluding hydrogens is 234 g/mol. The fourth-order valence-corrected chi connectivity index (χ4v) is 1.91. The molecule has 94 valence electrons. The van der Waals surface area contributed by atoms with Crippen LogP contribution in [0.25, 0.3) is 0 Å². The molecule has 1 aromatic heterocycles. The van der Waals surface area contributed by atoms with E-state index in [1.165, 1.54) is 6.07 Å². The number of pyridine rings is 1. The van der Waals surface area contributed by atoms with Crippen LogP contribution < -0.4 is 5.32 Å². The average Bonchev–Trinajstić information content (AvgIpc) is 2.41. The van der Waals surface area contributed by atoms with Crippen LogP contribution in [0.5, 0.6) is 0 Å². The summed E-state index contributed by atoms with van der Waals surface area (Å²) in [4.78, 5) is 3.94. The van der Waals surface area contributed by atoms with Crippen molar-refractivity contribution in [1.82, 2.24) is 10.3 Å². The summed E-state index contributed by atoms with van der Waals surface area (Å²) in [5.41, 5.74) is 1.36. The number of rotatable bonds is 4. The Balaban J connectivity index is 2.24. The van der Waals surface area contributed by atoms with Crippen molar-refractivity contribution in [3.05, 3.63) is 65.5 Å². The summed E-state index contributed by atoms with van der Waals surface area (Å²) in [6.45, 7) is 0. The summed E-state index contributed by atoms with van der Waals surface area (Å²) < 4.78 is 26.7. The zero-order valence-electron chi connectivity index (χ0n) is 10.0. The second kappa shape index (κ2) is 5.69. The Morgan fingerprint density at radius 3 is 2.56 bits per heavy atom. The number of halogens is 2. The van der Waals surface area contributed by atoms with Crippen molar-refractivity contribution in [2.24, 2.45) is 0 Å². The van der Waals surface area contributed by atoms with Gasteiger partial charge in [-0.1, -0.05) is 12.1 Å². The van der Waals surface area contributed by atoms with Crippen LogP contribution in [-0.4, -0.2) is 12.0 Å². The summed E-state index contributed by atoms with van der Waals surface area (Å²) >= 11 is 0. The van der Waals surface area contributed by atoms with Crippen molar-refractivity contribution in [3.63, 3.8) is 0 Å². The van der Waals surface area contributed by atoms with Gasteiger partial charge in [0.2, 0.25) is 0 Å². The minimum absolute atomic E-state index is 0.0655. The molecule has 18 heavy (non-hydrogen) atoms. The fraction of sp³-hybridized carbons (Fsp3) is 0.214. The molecule has 0 saturated heterocycles. The largest absolute Gasteiger partial charge is 0.313 e. The highest BCUT2D eigenvalue weighted by molar-refractivity contribution is 5.24. The molecule has 1 aromatic carbocycles. The predicted octanol–water partition coefficient (Wildman–Crippen LogP) is 2.86. The SMILES string of the molecule is CNC(Cc1cccc(F)c1F)c1ccncc1. The maximum Gasteiger partial charge on any atom is 0.162 e. The Kier molecular flexibility index (Phi) is 3.99. The molecule has 0 saturated carbocycles. The van der Waals surface area contributed by atoms with E-state index in [9.17, 15) is 8.78 Å². The van der Waals surface area contributed by atoms with Gasteiger partial charge in [-0.15, -0.1) is 0 Å². The van der Waals surface area contributed by atoms with E-state index in [4.69, 9.17) is 0 Å². The van der Waals surface area contributed by atoms with Crippen LogP contribution in [0.15, 0.2) is 42.7 Å². The molecule has 2 rings (SSSR count). The maximum absolute atomic E-state index is 13.6. The Morgan fingerprint density at radius 1 is 1.17 bits per heavy atom. The Labute approximate surface area is 105 Å². The van der Waals surface area contributed by atoms with Gasteiger partial charge in [0.15, 0.2) is 11.6 Å². The molecule has 0 bridgehead atoms. The third-order valence-corrected chi connectivity index (χ3v) is 2.91. The second-order valence-corrected chi connectivity index (χ2v) is 4.04. The van der Waals surface area contributed by atoms with Crippen LogP contribution in [0.1, 0.15) is 17.2 Å². The standard InChI is InChI=1S/C14H14F2N2/c1-17-13(10-5-7-18-8-6-10)9-11-3-2-4-12(15)14(11)16/h2-8,13,17H,9H2,1H3. The monoisotopic (exact) mass is 248 g/mol. The Morgan fingerprint density at radius 2 is 1.89 bits per heavy atom. The number of aromatic nitrogens is 1. The molecule has 0 amide bonds. The molecule has 1 N–H and O–H groups in total. The van der Waals surface area contributed by atoms with Crippen molar-refractivity contribution >= 4 is 0 Å². The van der Waals surface area contributed by atoms with E-state index >= 15 is 0 Å². The predicted molar refractivity (Wildman–Crippen MR) is 66.1 cm³/mol. The Hall–Kier alpha value is -1.81. The topological polar surface area (TPSA) is 24.9 Å². The first-order chi connectivity index (χ1) is 8.72. The van der Waals surface area contributed by atoms with E-state index in [1.54, 1.807) is 25.5 Å². The summed E-state index contributed by atoms with van der Waals surface area (Å²) in [5, 5.41) is 3.10. The average molecular weight is 248 g/mol. The van der Waals surface area contributed by atoms with Crippen LogP contribution in [-0.2, 0) is 6.42 Å². The van der Waals surface area contributed by atoms with Crippen LogP contribution in [0.3, 0.4) is 0 Å². The molecule has 2 nitrogen and oxygen atoms in total. The van der Waals surface area contributed by atoms with Crippen LogP contribution in [0.2, 0.25) is 0 Å². The maximum atomic E-state index is 13.6. The number of nitrogens with one attached hydrogen (secondary N) is 1. The van der Waals surface area contributed by atoms with E-state index in [2.05, 4.69) is 10.3 Å². The van der Waals surface area contributed by atoms with Crippen molar-refractivity contribution in [2.45, 2.75) is 12.5 Å². The summed E-state index contributed by atoms with van der Waals surface area (Å²) in [6.07, 6.45) is 3.76. The normalized spacial score (nSPS) is 12.4. The number of nitrogens with zero attached hydrogens (tertiary/aromatic N) is 1. The third-order valence-electron chi connectivity index (χ3n) is 2.91. The van der Waals surface area contributed by atoms with Crippen LogP contribution in [0.4, 0.5) is 8.78 Å². The molecule has 0 aliphatic rings. The third kappa shape index (κ3) is 2.71. The first kappa shape index (κ1) is 12.6. The molecule has 0 spiro atoms. The Bertz CT molecular complexity index is 514. The quantitative estimate of drug-likeness (QED) is 0.900. The van der Waals surface area contributed by atoms with Gasteiger partial charge in [0.05, 0.1) is 0 Å². The van der Waals surface area contributed by atoms with Gasteiger partial charge in [-0.25, -0.2) is 8.78 Å². The molecule has 0 aliphatic heterocycles. The molecular formula is C14H14F2N2. The lowest BCUT2D eigenvalue weighted by Gasteiger charge is -2.17. The van der Waals surface area contributed by atoms with Crippen molar-refractivity contribution in [3.8, 4) is 0 Å². The molecule has 1 heterocycles. The molecule has 0 fully saturated rings. The fourth-order valence-electron chi connectivity index (χ4n) is 1.91. The first-order valence-corrected chi connectivity index (χ1v) is 5.72. The van der Waals surface area contributed by atoms with Gasteiger partial charge in [-0.05, 0) is 42.8 Å². The second-order valence-electron chi connectivity index (χ2n) is 4.04. The number of benzene rings is 1. The summed E-state index contributed by atoms with van der Waals surface area (Å²) in [5.74, 6) is -1.58. The van der Waals surface area contributed by atoms with Crippen molar-refractivity contribution in [2.75, 3.05) is 7.05 Å². The van der Waals surface area contributed by atoms with Gasteiger partial charge < -0.3 is 5.32 Å². The van der Waals surface area contributed by atoms with E-state index in [0.717, 1.165) is 11.6 Å². The molecule has 1 unspecified atom stereocenters. The minimum atomic E-state index is -0.808. The molecule has 2 aromatic rings. The van der Waals surface area contributed by atoms with E-state index in [0.29, 0.717) is 12.0 Å². The molecule has 1 atom stereocenters. The zero-order chi connectivity index (χ0) is 13.0. The zero-order valence-corrected chi connectivity index (χ0v) is 10.0. The van der Waals surface area contributed by atoms with Gasteiger partial charge in [0.25, 0.3) is 0 Å². The van der Waals surface area contributed by atoms with Gasteiger partial charge in [-0.3, -0.25) is 4.98 Å². The smallest absolute Gasteiger partial charge is 0.162 e. The van der Waals surface area contributed by atoms with Gasteiger partial charge in [0.1, 0.15) is 0 Å². The molecule has 0 aliphatic carbocycles. The van der Waals surface area contributed by atoms with Gasteiger partial charge in [0, 0.05) is 18.4 Å². The van der Waals surface area contributed by atoms with Crippen molar-refractivity contribution < 1.29 is 8.78 Å². The van der Waals surface area contributed by atoms with E-state index in [-0.39, 0.29) is 6.04 Å². The lowest BCUT2D eigenvalue weighted by Crippen LogP contribution is -2.19. The number of hydrogen-bond acceptors (Lipinski definition) is 2. The highest BCUT2D eigenvalue weighted by Gasteiger charge is 2.14. The van der Waals surface area contributed by atoms with E-state index in [1.807, 2.05) is 12.1 Å². The molecule has 4 heteroatoms. The highest BCUT2D eigenvalue weighted by Crippen LogP contribution is 2.20. The first-order valence-electron chi connectivity index (χ1n) is 5.72. The lowest BCUT2D eigenvalue weighted by molar-refractivity contribution is 0.487. The van der Waals surface area contributed by atoms with E-state index < -0.39 is 11.6 Å². The molecule has 0 radical (unpaired) electrons.